The molecule has 2 nitrogen and oxygen atoms in total. The molecule has 2 atom stereocenters. The monoisotopic (exact) mass is 241 g/mol. The molecule has 0 aliphatic heterocycles. The van der Waals surface area contributed by atoms with Crippen LogP contribution in [-0.2, 0) is 4.74 Å². The van der Waals surface area contributed by atoms with Crippen molar-refractivity contribution in [2.24, 2.45) is 11.1 Å². The molecule has 102 valence electrons. The summed E-state index contributed by atoms with van der Waals surface area (Å²) in [5, 5.41) is 0. The molecule has 2 heteroatoms. The molecule has 0 bridgehead atoms. The third-order valence-corrected chi connectivity index (χ3v) is 4.73. The van der Waals surface area contributed by atoms with Gasteiger partial charge in [0.2, 0.25) is 0 Å². The van der Waals surface area contributed by atoms with Crippen molar-refractivity contribution in [1.82, 2.24) is 0 Å². The predicted octanol–water partition coefficient (Wildman–Crippen LogP) is 3.88. The van der Waals surface area contributed by atoms with Crippen LogP contribution in [0.15, 0.2) is 0 Å². The normalized spacial score (nSPS) is 26.8. The fraction of sp³-hybridized carbons (Fsp3) is 1.00. The van der Waals surface area contributed by atoms with Gasteiger partial charge in [-0.05, 0) is 25.7 Å². The molecule has 1 saturated carbocycles. The molecule has 1 rings (SSSR count). The van der Waals surface area contributed by atoms with Crippen LogP contribution in [0, 0.1) is 5.41 Å². The Labute approximate surface area is 107 Å². The van der Waals surface area contributed by atoms with Gasteiger partial charge in [-0.25, -0.2) is 0 Å². The first-order chi connectivity index (χ1) is 8.21. The lowest BCUT2D eigenvalue weighted by molar-refractivity contribution is -0.131. The van der Waals surface area contributed by atoms with Gasteiger partial charge in [0.25, 0.3) is 0 Å². The van der Waals surface area contributed by atoms with Crippen molar-refractivity contribution in [3.8, 4) is 0 Å². The van der Waals surface area contributed by atoms with E-state index in [0.717, 1.165) is 25.9 Å². The molecular weight excluding hydrogens is 210 g/mol. The second-order valence-electron chi connectivity index (χ2n) is 5.56. The van der Waals surface area contributed by atoms with Crippen LogP contribution in [0.4, 0.5) is 0 Å². The molecule has 1 aliphatic carbocycles. The Morgan fingerprint density at radius 1 is 1.06 bits per heavy atom. The fourth-order valence-corrected chi connectivity index (χ4v) is 3.17. The van der Waals surface area contributed by atoms with Crippen molar-refractivity contribution in [3.05, 3.63) is 0 Å². The summed E-state index contributed by atoms with van der Waals surface area (Å²) < 4.78 is 6.05. The highest BCUT2D eigenvalue weighted by atomic mass is 16.5. The highest BCUT2D eigenvalue weighted by Crippen LogP contribution is 2.47. The summed E-state index contributed by atoms with van der Waals surface area (Å²) in [4.78, 5) is 0. The molecule has 0 saturated heterocycles. The quantitative estimate of drug-likeness (QED) is 0.622. The molecule has 1 aliphatic rings. The minimum absolute atomic E-state index is 0.281. The van der Waals surface area contributed by atoms with E-state index in [2.05, 4.69) is 20.8 Å². The minimum atomic E-state index is 0.281. The zero-order valence-electron chi connectivity index (χ0n) is 12.0. The number of hydrogen-bond acceptors (Lipinski definition) is 2. The Kier molecular flexibility index (Phi) is 6.50. The summed E-state index contributed by atoms with van der Waals surface area (Å²) in [7, 11) is 0. The third kappa shape index (κ3) is 3.45. The van der Waals surface area contributed by atoms with E-state index < -0.39 is 0 Å². The van der Waals surface area contributed by atoms with Gasteiger partial charge in [-0.3, -0.25) is 0 Å². The largest absolute Gasteiger partial charge is 0.378 e. The van der Waals surface area contributed by atoms with Gasteiger partial charge in [0, 0.05) is 18.1 Å². The molecule has 0 aromatic carbocycles. The van der Waals surface area contributed by atoms with Gasteiger partial charge in [-0.2, -0.15) is 0 Å². The van der Waals surface area contributed by atoms with E-state index in [1.807, 2.05) is 0 Å². The third-order valence-electron chi connectivity index (χ3n) is 4.73. The van der Waals surface area contributed by atoms with Crippen molar-refractivity contribution in [2.45, 2.75) is 84.3 Å². The lowest BCUT2D eigenvalue weighted by Gasteiger charge is -2.53. The van der Waals surface area contributed by atoms with Crippen molar-refractivity contribution >= 4 is 0 Å². The predicted molar refractivity (Wildman–Crippen MR) is 74.1 cm³/mol. The van der Waals surface area contributed by atoms with Crippen molar-refractivity contribution in [2.75, 3.05) is 6.61 Å². The minimum Gasteiger partial charge on any atom is -0.378 e. The summed E-state index contributed by atoms with van der Waals surface area (Å²) >= 11 is 0. The fourth-order valence-electron chi connectivity index (χ4n) is 3.17. The van der Waals surface area contributed by atoms with Gasteiger partial charge in [-0.1, -0.05) is 46.5 Å². The first kappa shape index (κ1) is 15.0. The Morgan fingerprint density at radius 2 is 1.71 bits per heavy atom. The number of nitrogens with two attached hydrogens (primary N) is 1. The molecule has 0 aromatic rings. The van der Waals surface area contributed by atoms with Crippen LogP contribution in [0.1, 0.15) is 72.1 Å². The van der Waals surface area contributed by atoms with Crippen molar-refractivity contribution in [3.63, 3.8) is 0 Å². The maximum absolute atomic E-state index is 6.16. The number of hydrogen-bond donors (Lipinski definition) is 1. The summed E-state index contributed by atoms with van der Waals surface area (Å²) in [6.07, 6.45) is 10.4. The smallest absolute Gasteiger partial charge is 0.0660 e. The molecule has 0 radical (unpaired) electrons. The van der Waals surface area contributed by atoms with Crippen LogP contribution >= 0.6 is 0 Å². The highest BCUT2D eigenvalue weighted by Gasteiger charge is 2.51. The van der Waals surface area contributed by atoms with E-state index in [0.29, 0.717) is 12.1 Å². The van der Waals surface area contributed by atoms with Crippen LogP contribution in [0.2, 0.25) is 0 Å². The van der Waals surface area contributed by atoms with E-state index in [4.69, 9.17) is 10.5 Å². The molecule has 1 fully saturated rings. The molecule has 0 aromatic heterocycles. The maximum atomic E-state index is 6.16. The van der Waals surface area contributed by atoms with Crippen LogP contribution < -0.4 is 5.73 Å². The zero-order chi connectivity index (χ0) is 12.7. The molecular formula is C15H31NO. The van der Waals surface area contributed by atoms with Crippen LogP contribution in [0.25, 0.3) is 0 Å². The Balaban J connectivity index is 2.15. The molecule has 17 heavy (non-hydrogen) atoms. The van der Waals surface area contributed by atoms with Crippen molar-refractivity contribution in [1.29, 1.82) is 0 Å². The van der Waals surface area contributed by atoms with Gasteiger partial charge in [0.05, 0.1) is 6.10 Å². The van der Waals surface area contributed by atoms with Gasteiger partial charge in [0.15, 0.2) is 0 Å². The van der Waals surface area contributed by atoms with Gasteiger partial charge in [0.1, 0.15) is 0 Å². The van der Waals surface area contributed by atoms with E-state index in [1.165, 1.54) is 32.1 Å². The van der Waals surface area contributed by atoms with E-state index >= 15 is 0 Å². The topological polar surface area (TPSA) is 35.2 Å². The number of rotatable bonds is 9. The van der Waals surface area contributed by atoms with Crippen LogP contribution in [-0.4, -0.2) is 18.8 Å². The number of ether oxygens (including phenoxy) is 1. The van der Waals surface area contributed by atoms with Gasteiger partial charge in [-0.15, -0.1) is 0 Å². The standard InChI is InChI=1S/C15H31NO/c1-4-7-8-9-10-11-17-14-12-13(16)15(14,5-2)6-3/h13-14H,4-12,16H2,1-3H3. The average molecular weight is 241 g/mol. The molecule has 2 N–H and O–H groups in total. The van der Waals surface area contributed by atoms with E-state index in [1.54, 1.807) is 0 Å². The maximum Gasteiger partial charge on any atom is 0.0660 e. The Bertz CT molecular complexity index is 201. The second kappa shape index (κ2) is 7.38. The SMILES string of the molecule is CCCCCCCOC1CC(N)C1(CC)CC. The molecule has 0 spiro atoms. The summed E-state index contributed by atoms with van der Waals surface area (Å²) in [6, 6.07) is 0.364. The average Bonchev–Trinajstić information content (AvgIpc) is 2.34. The first-order valence-corrected chi connectivity index (χ1v) is 7.58. The molecule has 2 unspecified atom stereocenters. The lowest BCUT2D eigenvalue weighted by Crippen LogP contribution is -2.61. The van der Waals surface area contributed by atoms with Gasteiger partial charge >= 0.3 is 0 Å². The van der Waals surface area contributed by atoms with Crippen LogP contribution in [0.3, 0.4) is 0 Å². The van der Waals surface area contributed by atoms with Crippen LogP contribution in [0.5, 0.6) is 0 Å². The zero-order valence-corrected chi connectivity index (χ0v) is 12.0. The Hall–Kier alpha value is -0.0800. The van der Waals surface area contributed by atoms with E-state index in [-0.39, 0.29) is 5.41 Å². The van der Waals surface area contributed by atoms with Crippen molar-refractivity contribution < 1.29 is 4.74 Å². The highest BCUT2D eigenvalue weighted by molar-refractivity contribution is 5.05. The molecule has 0 amide bonds. The van der Waals surface area contributed by atoms with Gasteiger partial charge < -0.3 is 10.5 Å². The first-order valence-electron chi connectivity index (χ1n) is 7.58. The summed E-state index contributed by atoms with van der Waals surface area (Å²) in [5.41, 5.74) is 6.44. The second-order valence-corrected chi connectivity index (χ2v) is 5.56. The summed E-state index contributed by atoms with van der Waals surface area (Å²) in [6.45, 7) is 7.69. The van der Waals surface area contributed by atoms with E-state index in [9.17, 15) is 0 Å². The lowest BCUT2D eigenvalue weighted by atomic mass is 9.59. The Morgan fingerprint density at radius 3 is 2.24 bits per heavy atom. The summed E-state index contributed by atoms with van der Waals surface area (Å²) in [5.74, 6) is 0. The number of unbranched alkanes of at least 4 members (excludes halogenated alkanes) is 4. The molecule has 0 heterocycles.